The van der Waals surface area contributed by atoms with Crippen LogP contribution in [-0.4, -0.2) is 114 Å². The van der Waals surface area contributed by atoms with Crippen molar-refractivity contribution in [3.05, 3.63) is 240 Å². The number of hydrogen-bond donors (Lipinski definition) is 4. The number of benzene rings is 2. The van der Waals surface area contributed by atoms with Crippen molar-refractivity contribution in [1.82, 2.24) is 29.9 Å². The molecule has 8 aromatic rings. The summed E-state index contributed by atoms with van der Waals surface area (Å²) in [5, 5.41) is 28.0. The smallest absolute Gasteiger partial charge is 0.759 e. The van der Waals surface area contributed by atoms with Gasteiger partial charge in [-0.25, -0.2) is 0 Å². The number of pyridine rings is 6. The van der Waals surface area contributed by atoms with Gasteiger partial charge in [0.2, 0.25) is 0 Å². The molecule has 2 aromatic carbocycles. The van der Waals surface area contributed by atoms with Crippen LogP contribution in [0.4, 0.5) is 11.4 Å². The molecule has 0 fully saturated rings. The van der Waals surface area contributed by atoms with Gasteiger partial charge in [0.15, 0.2) is 0 Å². The Hall–Kier alpha value is -6.47. The average Bonchev–Trinajstić information content (AvgIpc) is 3.42. The van der Waals surface area contributed by atoms with Crippen LogP contribution in [0.25, 0.3) is 0 Å². The van der Waals surface area contributed by atoms with E-state index in [0.29, 0.717) is 0 Å². The molecule has 0 amide bonds. The summed E-state index contributed by atoms with van der Waals surface area (Å²) in [6, 6.07) is 53.5. The number of aliphatic hydroxyl groups is 4. The summed E-state index contributed by atoms with van der Waals surface area (Å²) in [7, 11) is -6.33. The Bertz CT molecular complexity index is 2540. The molecule has 0 atom stereocenters. The summed E-state index contributed by atoms with van der Waals surface area (Å²) < 4.78 is 68.2. The minimum Gasteiger partial charge on any atom is -0.759 e. The van der Waals surface area contributed by atoms with Crippen LogP contribution in [0.5, 0.6) is 0 Å². The quantitative estimate of drug-likeness (QED) is 0.0813. The fourth-order valence-corrected chi connectivity index (χ4v) is 6.30. The molecule has 0 aliphatic heterocycles. The molecule has 20 nitrogen and oxygen atoms in total. The van der Waals surface area contributed by atoms with Crippen molar-refractivity contribution in [2.45, 2.75) is 39.0 Å². The first kappa shape index (κ1) is 71.6. The maximum absolute atomic E-state index is 8.52. The standard InChI is InChI=1S/2C24H22N4.4CH4O.2Co.2H2O4S/c2*1-4-14-25-21(7-1)17-20-10-12-24(13-11-20)28(18-22-8-2-5-15-26-22)19-23-9-3-6-16-27-23;4*1-2;;;2*1-5(2,3)4/h2*1-16H,17-19H2;4*2H,1H3;;;2*(H2,1,2,3,4)/q;;;;;;2*+2;;/p-4. The van der Waals surface area contributed by atoms with E-state index in [0.717, 1.165) is 113 Å². The van der Waals surface area contributed by atoms with Crippen LogP contribution in [0.15, 0.2) is 195 Å². The van der Waals surface area contributed by atoms with Gasteiger partial charge in [0, 0.05) is 122 Å². The van der Waals surface area contributed by atoms with Gasteiger partial charge in [0.05, 0.1) is 49.0 Å². The van der Waals surface area contributed by atoms with E-state index in [-0.39, 0.29) is 33.6 Å². The van der Waals surface area contributed by atoms with Gasteiger partial charge in [-0.15, -0.1) is 0 Å². The Morgan fingerprint density at radius 2 is 0.513 bits per heavy atom. The SMILES string of the molecule is CO.CO.CO.CO.O=S(=O)([O-])[O-].O=S(=O)([O-])[O-].[Co+2].[Co+2].c1ccc(Cc2ccc(N(Cc3ccccn3)Cc3ccccn3)cc2)nc1.c1ccc(Cc2ccc(N(Cc3ccccn3)Cc3ccccn3)cc2)nc1. The van der Waals surface area contributed by atoms with Gasteiger partial charge in [0.25, 0.3) is 0 Å². The third-order valence-electron chi connectivity index (χ3n) is 9.14. The van der Waals surface area contributed by atoms with Gasteiger partial charge < -0.3 is 48.4 Å². The Morgan fingerprint density at radius 1 is 0.329 bits per heavy atom. The topological polar surface area (TPSA) is 325 Å². The van der Waals surface area contributed by atoms with Crippen molar-refractivity contribution >= 4 is 32.2 Å². The molecule has 76 heavy (non-hydrogen) atoms. The predicted octanol–water partition coefficient (Wildman–Crippen LogP) is 5.09. The fourth-order valence-electron chi connectivity index (χ4n) is 6.30. The normalized spacial score (nSPS) is 9.63. The summed E-state index contributed by atoms with van der Waals surface area (Å²) in [4.78, 5) is 31.4. The zero-order chi connectivity index (χ0) is 55.0. The Labute approximate surface area is 465 Å². The second kappa shape index (κ2) is 42.7. The molecule has 6 aromatic heterocycles. The molecule has 0 bridgehead atoms. The minimum atomic E-state index is -5.17. The summed E-state index contributed by atoms with van der Waals surface area (Å²) in [6.45, 7) is 2.93. The molecule has 0 aliphatic rings. The zero-order valence-corrected chi connectivity index (χ0v) is 45.5. The summed E-state index contributed by atoms with van der Waals surface area (Å²) in [5.41, 5.74) is 11.1. The van der Waals surface area contributed by atoms with Gasteiger partial charge in [-0.2, -0.15) is 0 Å². The van der Waals surface area contributed by atoms with E-state index >= 15 is 0 Å². The van der Waals surface area contributed by atoms with Crippen LogP contribution < -0.4 is 9.80 Å². The molecule has 4 N–H and O–H groups in total. The predicted molar refractivity (Wildman–Crippen MR) is 277 cm³/mol. The van der Waals surface area contributed by atoms with Gasteiger partial charge in [-0.1, -0.05) is 60.7 Å². The molecule has 0 aliphatic carbocycles. The monoisotopic (exact) mass is 1170 g/mol. The van der Waals surface area contributed by atoms with Gasteiger partial charge in [0.1, 0.15) is 0 Å². The first-order valence-corrected chi connectivity index (χ1v) is 24.6. The maximum Gasteiger partial charge on any atom is 2.00 e. The Morgan fingerprint density at radius 3 is 0.684 bits per heavy atom. The van der Waals surface area contributed by atoms with E-state index < -0.39 is 20.8 Å². The van der Waals surface area contributed by atoms with Crippen molar-refractivity contribution in [2.75, 3.05) is 38.2 Å². The average molecular weight is 1170 g/mol. The van der Waals surface area contributed by atoms with Crippen LogP contribution in [-0.2, 0) is 93.4 Å². The number of aromatic nitrogens is 6. The number of rotatable bonds is 14. The van der Waals surface area contributed by atoms with Crippen LogP contribution >= 0.6 is 0 Å². The fraction of sp³-hybridized carbons (Fsp3) is 0.192. The van der Waals surface area contributed by atoms with E-state index in [1.54, 1.807) is 0 Å². The Balaban J connectivity index is 0. The number of anilines is 2. The minimum absolute atomic E-state index is 0. The molecular formula is C52H60Co2N8O12S2. The first-order chi connectivity index (χ1) is 35.7. The number of nitrogens with zero attached hydrogens (tertiary/aromatic N) is 8. The van der Waals surface area contributed by atoms with Gasteiger partial charge in [-0.3, -0.25) is 46.7 Å². The summed E-state index contributed by atoms with van der Waals surface area (Å²) in [5.74, 6) is 0. The summed E-state index contributed by atoms with van der Waals surface area (Å²) in [6.07, 6.45) is 12.7. The number of aliphatic hydroxyl groups excluding tert-OH is 4. The number of hydrogen-bond acceptors (Lipinski definition) is 20. The first-order valence-electron chi connectivity index (χ1n) is 21.9. The molecule has 2 radical (unpaired) electrons. The van der Waals surface area contributed by atoms with E-state index in [9.17, 15) is 0 Å². The van der Waals surface area contributed by atoms with Crippen molar-refractivity contribution < 1.29 is 89.0 Å². The largest absolute Gasteiger partial charge is 2.00 e. The molecule has 0 saturated heterocycles. The van der Waals surface area contributed by atoms with E-state index in [4.69, 9.17) is 55.5 Å². The van der Waals surface area contributed by atoms with Crippen LogP contribution in [0.1, 0.15) is 45.3 Å². The zero-order valence-electron chi connectivity index (χ0n) is 41.8. The van der Waals surface area contributed by atoms with Crippen molar-refractivity contribution in [3.8, 4) is 0 Å². The summed E-state index contributed by atoms with van der Waals surface area (Å²) >= 11 is 0. The van der Waals surface area contributed by atoms with Crippen molar-refractivity contribution in [1.29, 1.82) is 0 Å². The van der Waals surface area contributed by atoms with E-state index in [1.165, 1.54) is 11.1 Å². The van der Waals surface area contributed by atoms with Crippen molar-refractivity contribution in [3.63, 3.8) is 0 Å². The third kappa shape index (κ3) is 34.2. The molecule has 410 valence electrons. The molecular weight excluding hydrogens is 1110 g/mol. The van der Waals surface area contributed by atoms with E-state index in [1.807, 2.05) is 110 Å². The molecule has 0 spiro atoms. The molecule has 0 unspecified atom stereocenters. The van der Waals surface area contributed by atoms with Crippen LogP contribution in [0.2, 0.25) is 0 Å². The van der Waals surface area contributed by atoms with Crippen LogP contribution in [0.3, 0.4) is 0 Å². The van der Waals surface area contributed by atoms with E-state index in [2.05, 4.69) is 125 Å². The second-order valence-electron chi connectivity index (χ2n) is 14.1. The van der Waals surface area contributed by atoms with Gasteiger partial charge >= 0.3 is 33.6 Å². The molecule has 24 heteroatoms. The maximum atomic E-state index is 8.52. The van der Waals surface area contributed by atoms with Crippen LogP contribution in [0, 0.1) is 0 Å². The molecule has 6 heterocycles. The molecule has 8 rings (SSSR count). The van der Waals surface area contributed by atoms with Gasteiger partial charge in [-0.05, 0) is 108 Å². The Kier molecular flexibility index (Phi) is 40.3. The molecule has 0 saturated carbocycles. The van der Waals surface area contributed by atoms with Crippen molar-refractivity contribution in [2.24, 2.45) is 0 Å². The third-order valence-corrected chi connectivity index (χ3v) is 9.14. The second-order valence-corrected chi connectivity index (χ2v) is 15.8.